The van der Waals surface area contributed by atoms with Crippen molar-refractivity contribution in [2.45, 2.75) is 12.8 Å². The molecule has 0 heterocycles. The van der Waals surface area contributed by atoms with E-state index in [2.05, 4.69) is 0 Å². The summed E-state index contributed by atoms with van der Waals surface area (Å²) in [6.07, 6.45) is 3.07. The Hall–Kier alpha value is -2.42. The van der Waals surface area contributed by atoms with Crippen molar-refractivity contribution < 1.29 is 13.9 Å². The van der Waals surface area contributed by atoms with Crippen LogP contribution >= 0.6 is 0 Å². The molecule has 2 aromatic carbocycles. The Labute approximate surface area is 122 Å². The largest absolute Gasteiger partial charge is 0.497 e. The molecule has 21 heavy (non-hydrogen) atoms. The number of allylic oxidation sites excluding steroid dienone is 1. The summed E-state index contributed by atoms with van der Waals surface area (Å²) >= 11 is 0. The Kier molecular flexibility index (Phi) is 3.57. The molecule has 1 aliphatic rings. The van der Waals surface area contributed by atoms with Gasteiger partial charge in [0, 0.05) is 16.7 Å². The Morgan fingerprint density at radius 3 is 2.71 bits per heavy atom. The molecule has 0 radical (unpaired) electrons. The summed E-state index contributed by atoms with van der Waals surface area (Å²) in [5.41, 5.74) is 2.77. The fraction of sp³-hybridized carbons (Fsp3) is 0.167. The van der Waals surface area contributed by atoms with E-state index in [0.717, 1.165) is 12.0 Å². The van der Waals surface area contributed by atoms with E-state index in [0.29, 0.717) is 28.9 Å². The molecule has 0 bridgehead atoms. The summed E-state index contributed by atoms with van der Waals surface area (Å²) in [4.78, 5) is 12.6. The molecule has 1 aliphatic carbocycles. The molecule has 0 N–H and O–H groups in total. The van der Waals surface area contributed by atoms with Crippen molar-refractivity contribution >= 4 is 11.9 Å². The van der Waals surface area contributed by atoms with E-state index in [9.17, 15) is 9.18 Å². The van der Waals surface area contributed by atoms with Gasteiger partial charge in [-0.05, 0) is 42.7 Å². The molecule has 3 rings (SSSR count). The molecule has 0 aliphatic heterocycles. The predicted molar refractivity (Wildman–Crippen MR) is 80.0 cm³/mol. The van der Waals surface area contributed by atoms with Crippen LogP contribution in [0.25, 0.3) is 6.08 Å². The van der Waals surface area contributed by atoms with Crippen LogP contribution in [0.1, 0.15) is 27.9 Å². The molecular formula is C18H15FO2. The number of hydrogen-bond acceptors (Lipinski definition) is 2. The maximum Gasteiger partial charge on any atom is 0.189 e. The average molecular weight is 282 g/mol. The minimum Gasteiger partial charge on any atom is -0.497 e. The number of hydrogen-bond donors (Lipinski definition) is 0. The van der Waals surface area contributed by atoms with Crippen molar-refractivity contribution in [3.63, 3.8) is 0 Å². The molecule has 2 nitrogen and oxygen atoms in total. The zero-order valence-corrected chi connectivity index (χ0v) is 11.7. The van der Waals surface area contributed by atoms with Crippen LogP contribution in [0.2, 0.25) is 0 Å². The normalized spacial score (nSPS) is 15.9. The quantitative estimate of drug-likeness (QED) is 0.777. The summed E-state index contributed by atoms with van der Waals surface area (Å²) in [5.74, 6) is 0.307. The molecule has 0 unspecified atom stereocenters. The van der Waals surface area contributed by atoms with E-state index in [1.807, 2.05) is 12.1 Å². The van der Waals surface area contributed by atoms with Crippen molar-refractivity contribution in [1.29, 1.82) is 0 Å². The zero-order valence-electron chi connectivity index (χ0n) is 11.7. The predicted octanol–water partition coefficient (Wildman–Crippen LogP) is 4.05. The SMILES string of the molecule is COc1ccc2c(c1)C(=O)/C(=C/c1ccccc1F)CC2. The molecule has 2 aromatic rings. The highest BCUT2D eigenvalue weighted by molar-refractivity contribution is 6.13. The van der Waals surface area contributed by atoms with Gasteiger partial charge in [0.25, 0.3) is 0 Å². The second kappa shape index (κ2) is 5.52. The lowest BCUT2D eigenvalue weighted by molar-refractivity contribution is 0.102. The van der Waals surface area contributed by atoms with Gasteiger partial charge < -0.3 is 4.74 Å². The first-order valence-corrected chi connectivity index (χ1v) is 6.86. The van der Waals surface area contributed by atoms with E-state index in [4.69, 9.17) is 4.74 Å². The smallest absolute Gasteiger partial charge is 0.189 e. The average Bonchev–Trinajstić information content (AvgIpc) is 2.52. The van der Waals surface area contributed by atoms with Gasteiger partial charge in [0.1, 0.15) is 11.6 Å². The van der Waals surface area contributed by atoms with E-state index in [1.54, 1.807) is 37.5 Å². The minimum atomic E-state index is -0.311. The minimum absolute atomic E-state index is 0.0431. The number of benzene rings is 2. The number of ether oxygens (including phenoxy) is 1. The van der Waals surface area contributed by atoms with E-state index in [1.165, 1.54) is 6.07 Å². The highest BCUT2D eigenvalue weighted by Crippen LogP contribution is 2.29. The van der Waals surface area contributed by atoms with Gasteiger partial charge in [-0.15, -0.1) is 0 Å². The van der Waals surface area contributed by atoms with Crippen LogP contribution in [-0.4, -0.2) is 12.9 Å². The van der Waals surface area contributed by atoms with Gasteiger partial charge in [0.05, 0.1) is 7.11 Å². The molecule has 0 saturated carbocycles. The Morgan fingerprint density at radius 1 is 1.14 bits per heavy atom. The van der Waals surface area contributed by atoms with Gasteiger partial charge in [-0.25, -0.2) is 4.39 Å². The summed E-state index contributed by atoms with van der Waals surface area (Å²) in [6.45, 7) is 0. The third kappa shape index (κ3) is 2.59. The fourth-order valence-corrected chi connectivity index (χ4v) is 2.59. The third-order valence-electron chi connectivity index (χ3n) is 3.75. The van der Waals surface area contributed by atoms with Crippen LogP contribution in [0.3, 0.4) is 0 Å². The molecular weight excluding hydrogens is 267 g/mol. The molecule has 3 heteroatoms. The fourth-order valence-electron chi connectivity index (χ4n) is 2.59. The summed E-state index contributed by atoms with van der Waals surface area (Å²) in [7, 11) is 1.57. The van der Waals surface area contributed by atoms with Crippen LogP contribution in [0.15, 0.2) is 48.0 Å². The molecule has 0 spiro atoms. The lowest BCUT2D eigenvalue weighted by Gasteiger charge is -2.18. The van der Waals surface area contributed by atoms with E-state index in [-0.39, 0.29) is 11.6 Å². The van der Waals surface area contributed by atoms with Crippen molar-refractivity contribution in [3.8, 4) is 5.75 Å². The highest BCUT2D eigenvalue weighted by Gasteiger charge is 2.22. The first kappa shape index (κ1) is 13.6. The summed E-state index contributed by atoms with van der Waals surface area (Å²) in [6, 6.07) is 12.0. The maximum absolute atomic E-state index is 13.7. The summed E-state index contributed by atoms with van der Waals surface area (Å²) in [5, 5.41) is 0. The Bertz CT molecular complexity index is 732. The number of fused-ring (bicyclic) bond motifs is 1. The molecule has 0 atom stereocenters. The zero-order chi connectivity index (χ0) is 14.8. The monoisotopic (exact) mass is 282 g/mol. The van der Waals surface area contributed by atoms with Crippen molar-refractivity contribution in [2.75, 3.05) is 7.11 Å². The van der Waals surface area contributed by atoms with Gasteiger partial charge >= 0.3 is 0 Å². The van der Waals surface area contributed by atoms with Crippen LogP contribution < -0.4 is 4.74 Å². The number of ketones is 1. The van der Waals surface area contributed by atoms with Gasteiger partial charge in [-0.2, -0.15) is 0 Å². The van der Waals surface area contributed by atoms with Crippen LogP contribution in [0.5, 0.6) is 5.75 Å². The first-order chi connectivity index (χ1) is 10.2. The maximum atomic E-state index is 13.7. The lowest BCUT2D eigenvalue weighted by Crippen LogP contribution is -2.14. The molecule has 0 amide bonds. The number of rotatable bonds is 2. The topological polar surface area (TPSA) is 26.3 Å². The molecule has 0 fully saturated rings. The van der Waals surface area contributed by atoms with Gasteiger partial charge in [0.15, 0.2) is 5.78 Å². The lowest BCUT2D eigenvalue weighted by atomic mass is 9.86. The standard InChI is InChI=1S/C18H15FO2/c1-21-15-9-8-12-6-7-14(18(20)16(12)11-15)10-13-4-2-3-5-17(13)19/h2-5,8-11H,6-7H2,1H3/b14-10+. The van der Waals surface area contributed by atoms with Crippen molar-refractivity contribution in [1.82, 2.24) is 0 Å². The molecule has 0 saturated heterocycles. The van der Waals surface area contributed by atoms with E-state index >= 15 is 0 Å². The Balaban J connectivity index is 2.00. The van der Waals surface area contributed by atoms with E-state index < -0.39 is 0 Å². The van der Waals surface area contributed by atoms with Gasteiger partial charge in [-0.3, -0.25) is 4.79 Å². The number of halogens is 1. The summed E-state index contributed by atoms with van der Waals surface area (Å²) < 4.78 is 18.9. The third-order valence-corrected chi connectivity index (χ3v) is 3.75. The number of methoxy groups -OCH3 is 1. The number of aryl methyl sites for hydroxylation is 1. The second-order valence-electron chi connectivity index (χ2n) is 5.04. The highest BCUT2D eigenvalue weighted by atomic mass is 19.1. The first-order valence-electron chi connectivity index (χ1n) is 6.86. The number of carbonyl (C=O) groups excluding carboxylic acids is 1. The van der Waals surface area contributed by atoms with Gasteiger partial charge in [-0.1, -0.05) is 24.3 Å². The van der Waals surface area contributed by atoms with Gasteiger partial charge in [0.2, 0.25) is 0 Å². The van der Waals surface area contributed by atoms with Crippen LogP contribution in [-0.2, 0) is 6.42 Å². The van der Waals surface area contributed by atoms with Crippen molar-refractivity contribution in [3.05, 3.63) is 70.5 Å². The molecule has 106 valence electrons. The number of Topliss-reactive ketones (excluding diaryl/α,β-unsaturated/α-hetero) is 1. The van der Waals surface area contributed by atoms with Crippen LogP contribution in [0, 0.1) is 5.82 Å². The second-order valence-corrected chi connectivity index (χ2v) is 5.04. The van der Waals surface area contributed by atoms with Crippen molar-refractivity contribution in [2.24, 2.45) is 0 Å². The Morgan fingerprint density at radius 2 is 1.95 bits per heavy atom. The number of carbonyl (C=O) groups is 1. The molecule has 0 aromatic heterocycles. The van der Waals surface area contributed by atoms with Crippen LogP contribution in [0.4, 0.5) is 4.39 Å².